The smallest absolute Gasteiger partial charge is 0.300 e. The van der Waals surface area contributed by atoms with Gasteiger partial charge in [0.25, 0.3) is 23.9 Å². The second-order valence-electron chi connectivity index (χ2n) is 10.8. The van der Waals surface area contributed by atoms with Crippen LogP contribution in [0.25, 0.3) is 0 Å². The number of nitrogens with two attached hydrogens (primary N) is 4. The maximum Gasteiger partial charge on any atom is 0.300 e. The van der Waals surface area contributed by atoms with Gasteiger partial charge in [0.15, 0.2) is 12.6 Å². The van der Waals surface area contributed by atoms with Gasteiger partial charge in [-0.25, -0.2) is 0 Å². The molecule has 0 aromatic carbocycles. The number of rotatable bonds is 6. The van der Waals surface area contributed by atoms with Crippen LogP contribution in [0.5, 0.6) is 0 Å². The van der Waals surface area contributed by atoms with Gasteiger partial charge < -0.3 is 98.1 Å². The second-order valence-corrected chi connectivity index (χ2v) is 10.8. The Morgan fingerprint density at radius 1 is 0.531 bits per heavy atom. The Hall–Kier alpha value is -2.72. The van der Waals surface area contributed by atoms with Gasteiger partial charge in [-0.3, -0.25) is 19.2 Å². The van der Waals surface area contributed by atoms with Crippen LogP contribution in [0.15, 0.2) is 0 Å². The molecule has 290 valence electrons. The zero-order valence-corrected chi connectivity index (χ0v) is 27.3. The van der Waals surface area contributed by atoms with Gasteiger partial charge in [0, 0.05) is 52.9 Å². The quantitative estimate of drug-likeness (QED) is 0.121. The third kappa shape index (κ3) is 17.7. The van der Waals surface area contributed by atoms with Gasteiger partial charge in [-0.1, -0.05) is 0 Å². The molecule has 19 N–H and O–H groups in total. The number of aliphatic hydroxyl groups is 7. The van der Waals surface area contributed by atoms with E-state index in [1.54, 1.807) is 0 Å². The Bertz CT molecular complexity index is 880. The first-order valence-corrected chi connectivity index (χ1v) is 14.5. The molecule has 2 heterocycles. The minimum Gasteiger partial charge on any atom is -0.481 e. The van der Waals surface area contributed by atoms with Crippen LogP contribution >= 0.6 is 0 Å². The summed E-state index contributed by atoms with van der Waals surface area (Å²) in [7, 11) is 0. The fraction of sp³-hybridized carbons (Fsp3) is 0.846. The van der Waals surface area contributed by atoms with E-state index in [0.29, 0.717) is 0 Å². The number of carboxylic acids is 4. The van der Waals surface area contributed by atoms with Crippen LogP contribution in [0, 0.1) is 0 Å². The van der Waals surface area contributed by atoms with Crippen LogP contribution in [-0.4, -0.2) is 185 Å². The average Bonchev–Trinajstić information content (AvgIpc) is 2.96. The number of hydrogen-bond acceptors (Lipinski definition) is 19. The fourth-order valence-electron chi connectivity index (χ4n) is 4.40. The lowest BCUT2D eigenvalue weighted by molar-refractivity contribution is -0.336. The summed E-state index contributed by atoms with van der Waals surface area (Å²) < 4.78 is 22.2. The van der Waals surface area contributed by atoms with Crippen molar-refractivity contribution in [1.82, 2.24) is 0 Å². The summed E-state index contributed by atoms with van der Waals surface area (Å²) in [6.07, 6.45) is -18.3. The number of carbonyl (C=O) groups is 4. The van der Waals surface area contributed by atoms with Gasteiger partial charge in [0.2, 0.25) is 0 Å². The van der Waals surface area contributed by atoms with E-state index in [-0.39, 0.29) is 19.5 Å². The van der Waals surface area contributed by atoms with E-state index in [1.165, 1.54) is 0 Å². The molecule has 15 atom stereocenters. The molecular formula is C26H52N4O19. The van der Waals surface area contributed by atoms with Crippen LogP contribution in [0.3, 0.4) is 0 Å². The highest BCUT2D eigenvalue weighted by atomic mass is 16.7. The maximum absolute atomic E-state index is 10.9. The molecule has 23 nitrogen and oxygen atoms in total. The van der Waals surface area contributed by atoms with Crippen LogP contribution in [0.2, 0.25) is 0 Å². The second kappa shape index (κ2) is 23.6. The third-order valence-corrected chi connectivity index (χ3v) is 6.45. The lowest BCUT2D eigenvalue weighted by atomic mass is 9.84. The van der Waals surface area contributed by atoms with Crippen molar-refractivity contribution in [3.05, 3.63) is 0 Å². The van der Waals surface area contributed by atoms with E-state index in [0.717, 1.165) is 27.7 Å². The molecule has 3 fully saturated rings. The highest BCUT2D eigenvalue weighted by Gasteiger charge is 2.51. The normalized spacial score (nSPS) is 38.2. The van der Waals surface area contributed by atoms with Crippen molar-refractivity contribution in [2.75, 3.05) is 13.1 Å². The largest absolute Gasteiger partial charge is 0.481 e. The van der Waals surface area contributed by atoms with Crippen molar-refractivity contribution in [3.8, 4) is 0 Å². The molecule has 0 spiro atoms. The first kappa shape index (κ1) is 48.4. The van der Waals surface area contributed by atoms with E-state index >= 15 is 0 Å². The van der Waals surface area contributed by atoms with E-state index in [1.807, 2.05) is 0 Å². The summed E-state index contributed by atoms with van der Waals surface area (Å²) in [5.41, 5.74) is 23.2. The van der Waals surface area contributed by atoms with Gasteiger partial charge in [-0.2, -0.15) is 0 Å². The minimum absolute atomic E-state index is 0.0784. The molecule has 3 rings (SSSR count). The average molecular weight is 725 g/mol. The molecule has 1 saturated carbocycles. The highest BCUT2D eigenvalue weighted by molar-refractivity contribution is 5.63. The number of aliphatic hydroxyl groups excluding tert-OH is 7. The van der Waals surface area contributed by atoms with Crippen molar-refractivity contribution >= 4 is 23.9 Å². The fourth-order valence-corrected chi connectivity index (χ4v) is 4.40. The molecule has 0 aromatic rings. The van der Waals surface area contributed by atoms with Crippen LogP contribution in [-0.2, 0) is 38.1 Å². The molecule has 1 aliphatic carbocycles. The summed E-state index contributed by atoms with van der Waals surface area (Å²) in [6, 6.07) is -1.68. The molecule has 0 bridgehead atoms. The standard InChI is InChI=1S/C18H36N4O11.4C2H4O2/c19-2-6-8(23)10(25)12(27)17(30-6)32-15-4(21)1-5(22)16(14(15)29)33-18-13(28)11(26)9(24)7(3-20)31-18;4*1-2(3)4/h4-18,23-29H,1-3,19-22H2;4*1H3,(H,3,4)/t4-,5+,6-,7-,8-,9-,10+,11+,12-,13-,14?,15+,16-,17-,18-;;;;/m1..../s1. The van der Waals surface area contributed by atoms with Crippen LogP contribution in [0.4, 0.5) is 0 Å². The minimum atomic E-state index is -1.66. The lowest BCUT2D eigenvalue weighted by Gasteiger charge is -2.48. The first-order valence-electron chi connectivity index (χ1n) is 14.5. The zero-order chi connectivity index (χ0) is 38.9. The van der Waals surface area contributed by atoms with E-state index in [4.69, 9.17) is 81.5 Å². The summed E-state index contributed by atoms with van der Waals surface area (Å²) in [4.78, 5) is 36.0. The summed E-state index contributed by atoms with van der Waals surface area (Å²) >= 11 is 0. The molecule has 3 aliphatic rings. The Kier molecular flexibility index (Phi) is 23.3. The predicted molar refractivity (Wildman–Crippen MR) is 161 cm³/mol. The van der Waals surface area contributed by atoms with Crippen molar-refractivity contribution < 1.29 is 94.3 Å². The highest BCUT2D eigenvalue weighted by Crippen LogP contribution is 2.31. The SMILES string of the molecule is CC(=O)O.CC(=O)O.CC(=O)O.CC(=O)O.NC[C@H]1O[C@H](O[C@H]2C(O)[C@@H](O[C@H]3O[C@H](CN)[C@@H](O)[C@H](O)[C@H]3O)[C@H](N)C[C@@H]2N)[C@H](O)[C@@H](O)[C@@H]1O. The topological polar surface area (TPSA) is 432 Å². The third-order valence-electron chi connectivity index (χ3n) is 6.45. The molecule has 49 heavy (non-hydrogen) atoms. The monoisotopic (exact) mass is 724 g/mol. The molecular weight excluding hydrogens is 672 g/mol. The number of hydrogen-bond donors (Lipinski definition) is 15. The van der Waals surface area contributed by atoms with Crippen molar-refractivity contribution in [2.24, 2.45) is 22.9 Å². The van der Waals surface area contributed by atoms with Gasteiger partial charge in [-0.05, 0) is 6.42 Å². The predicted octanol–water partition coefficient (Wildman–Crippen LogP) is -6.93. The number of carboxylic acid groups (broad SMARTS) is 4. The molecule has 0 radical (unpaired) electrons. The van der Waals surface area contributed by atoms with Crippen LogP contribution in [0.1, 0.15) is 34.1 Å². The Labute approximate surface area is 280 Å². The molecule has 0 amide bonds. The molecule has 1 unspecified atom stereocenters. The van der Waals surface area contributed by atoms with E-state index in [9.17, 15) is 35.7 Å². The van der Waals surface area contributed by atoms with Gasteiger partial charge in [0.05, 0.1) is 0 Å². The Morgan fingerprint density at radius 3 is 1.00 bits per heavy atom. The Morgan fingerprint density at radius 2 is 0.776 bits per heavy atom. The first-order chi connectivity index (χ1) is 22.4. The summed E-state index contributed by atoms with van der Waals surface area (Å²) in [6.45, 7) is 3.99. The van der Waals surface area contributed by atoms with Gasteiger partial charge >= 0.3 is 0 Å². The molecule has 2 saturated heterocycles. The van der Waals surface area contributed by atoms with Crippen molar-refractivity contribution in [2.45, 2.75) is 126 Å². The van der Waals surface area contributed by atoms with Gasteiger partial charge in [-0.15, -0.1) is 0 Å². The number of ether oxygens (including phenoxy) is 4. The Balaban J connectivity index is 0. The van der Waals surface area contributed by atoms with Crippen molar-refractivity contribution in [1.29, 1.82) is 0 Å². The molecule has 0 aromatic heterocycles. The maximum atomic E-state index is 10.9. The van der Waals surface area contributed by atoms with E-state index < -0.39 is 116 Å². The molecule has 23 heteroatoms. The van der Waals surface area contributed by atoms with Crippen LogP contribution < -0.4 is 22.9 Å². The number of aliphatic carboxylic acids is 4. The van der Waals surface area contributed by atoms with Crippen molar-refractivity contribution in [3.63, 3.8) is 0 Å². The van der Waals surface area contributed by atoms with E-state index in [2.05, 4.69) is 0 Å². The zero-order valence-electron chi connectivity index (χ0n) is 27.3. The summed E-state index contributed by atoms with van der Waals surface area (Å²) in [5, 5.41) is 101. The van der Waals surface area contributed by atoms with Gasteiger partial charge in [0.1, 0.15) is 67.1 Å². The molecule has 2 aliphatic heterocycles. The lowest BCUT2D eigenvalue weighted by Crippen LogP contribution is -2.68. The summed E-state index contributed by atoms with van der Waals surface area (Å²) in [5.74, 6) is -3.33.